The van der Waals surface area contributed by atoms with Crippen LogP contribution in [0.5, 0.6) is 0 Å². The van der Waals surface area contributed by atoms with Crippen molar-refractivity contribution in [3.8, 4) is 0 Å². The predicted octanol–water partition coefficient (Wildman–Crippen LogP) is 0.537. The lowest BCUT2D eigenvalue weighted by atomic mass is 10.00. The highest BCUT2D eigenvalue weighted by molar-refractivity contribution is 5.77. The largest absolute Gasteiger partial charge is 0.480 e. The summed E-state index contributed by atoms with van der Waals surface area (Å²) >= 11 is 0. The average Bonchev–Trinajstić information content (AvgIpc) is 3.05. The Bertz CT molecular complexity index is 252. The van der Waals surface area contributed by atoms with Gasteiger partial charge in [-0.2, -0.15) is 0 Å². The van der Waals surface area contributed by atoms with Crippen molar-refractivity contribution in [2.45, 2.75) is 31.7 Å². The van der Waals surface area contributed by atoms with Gasteiger partial charge in [-0.05, 0) is 39.2 Å². The molecule has 0 bridgehead atoms. The van der Waals surface area contributed by atoms with Gasteiger partial charge in [-0.25, -0.2) is 0 Å². The Hall–Kier alpha value is -0.650. The maximum Gasteiger partial charge on any atom is 0.323 e. The fraction of sp³-hybridized carbons (Fsp3) is 0.917. The third-order valence-electron chi connectivity index (χ3n) is 3.17. The SMILES string of the molecule is CN(CCOCC1CC1)CCC(C)(N)C(=O)O. The Balaban J connectivity index is 2.03. The molecule has 0 saturated heterocycles. The van der Waals surface area contributed by atoms with E-state index in [0.717, 1.165) is 19.1 Å². The Morgan fingerprint density at radius 2 is 2.18 bits per heavy atom. The fourth-order valence-electron chi connectivity index (χ4n) is 1.40. The number of carboxylic acids is 1. The van der Waals surface area contributed by atoms with E-state index in [1.54, 1.807) is 6.92 Å². The second kappa shape index (κ2) is 6.33. The number of rotatable bonds is 9. The molecule has 100 valence electrons. The van der Waals surface area contributed by atoms with Crippen LogP contribution in [0, 0.1) is 5.92 Å². The van der Waals surface area contributed by atoms with E-state index in [4.69, 9.17) is 15.6 Å². The number of nitrogens with zero attached hydrogens (tertiary/aromatic N) is 1. The standard InChI is InChI=1S/C12H24N2O3/c1-12(13,11(15)16)5-6-14(2)7-8-17-9-10-3-4-10/h10H,3-9,13H2,1-2H3,(H,15,16). The van der Waals surface area contributed by atoms with Crippen LogP contribution in [-0.2, 0) is 9.53 Å². The van der Waals surface area contributed by atoms with E-state index in [-0.39, 0.29) is 0 Å². The van der Waals surface area contributed by atoms with Crippen molar-refractivity contribution in [1.29, 1.82) is 0 Å². The van der Waals surface area contributed by atoms with Crippen LogP contribution in [0.2, 0.25) is 0 Å². The van der Waals surface area contributed by atoms with Gasteiger partial charge in [-0.3, -0.25) is 4.79 Å². The number of likely N-dealkylation sites (N-methyl/N-ethyl adjacent to an activating group) is 1. The molecule has 17 heavy (non-hydrogen) atoms. The first kappa shape index (κ1) is 14.4. The van der Waals surface area contributed by atoms with Gasteiger partial charge in [-0.15, -0.1) is 0 Å². The van der Waals surface area contributed by atoms with Gasteiger partial charge in [-0.1, -0.05) is 0 Å². The molecule has 0 radical (unpaired) electrons. The maximum absolute atomic E-state index is 10.8. The lowest BCUT2D eigenvalue weighted by molar-refractivity contribution is -0.143. The molecule has 5 heteroatoms. The Morgan fingerprint density at radius 1 is 1.53 bits per heavy atom. The first-order valence-corrected chi connectivity index (χ1v) is 6.20. The Morgan fingerprint density at radius 3 is 2.71 bits per heavy atom. The third-order valence-corrected chi connectivity index (χ3v) is 3.17. The smallest absolute Gasteiger partial charge is 0.323 e. The van der Waals surface area contributed by atoms with E-state index < -0.39 is 11.5 Å². The van der Waals surface area contributed by atoms with Crippen LogP contribution >= 0.6 is 0 Å². The van der Waals surface area contributed by atoms with Gasteiger partial charge in [0, 0.05) is 19.7 Å². The zero-order valence-electron chi connectivity index (χ0n) is 10.8. The summed E-state index contributed by atoms with van der Waals surface area (Å²) in [6.07, 6.45) is 3.06. The van der Waals surface area contributed by atoms with Crippen molar-refractivity contribution in [1.82, 2.24) is 4.90 Å². The summed E-state index contributed by atoms with van der Waals surface area (Å²) in [7, 11) is 1.96. The Labute approximate surface area is 103 Å². The summed E-state index contributed by atoms with van der Waals surface area (Å²) in [5, 5.41) is 8.87. The van der Waals surface area contributed by atoms with Crippen molar-refractivity contribution in [2.24, 2.45) is 11.7 Å². The number of carbonyl (C=O) groups is 1. The maximum atomic E-state index is 10.8. The number of carboxylic acid groups (broad SMARTS) is 1. The third kappa shape index (κ3) is 6.00. The molecule has 1 unspecified atom stereocenters. The second-order valence-corrected chi connectivity index (χ2v) is 5.29. The van der Waals surface area contributed by atoms with Gasteiger partial charge < -0.3 is 20.5 Å². The molecule has 1 saturated carbocycles. The molecule has 1 aliphatic rings. The normalized spacial score (nSPS) is 19.3. The number of aliphatic carboxylic acids is 1. The molecule has 0 aromatic heterocycles. The lowest BCUT2D eigenvalue weighted by Crippen LogP contribution is -2.47. The lowest BCUT2D eigenvalue weighted by Gasteiger charge is -2.23. The molecule has 0 amide bonds. The number of hydrogen-bond donors (Lipinski definition) is 2. The highest BCUT2D eigenvalue weighted by atomic mass is 16.5. The minimum atomic E-state index is -1.14. The first-order chi connectivity index (χ1) is 7.92. The summed E-state index contributed by atoms with van der Waals surface area (Å²) in [6.45, 7) is 4.63. The summed E-state index contributed by atoms with van der Waals surface area (Å²) in [5.41, 5.74) is 4.52. The molecule has 3 N–H and O–H groups in total. The predicted molar refractivity (Wildman–Crippen MR) is 65.9 cm³/mol. The van der Waals surface area contributed by atoms with Gasteiger partial charge in [0.1, 0.15) is 5.54 Å². The summed E-state index contributed by atoms with van der Waals surface area (Å²) in [4.78, 5) is 12.9. The van der Waals surface area contributed by atoms with Gasteiger partial charge in [0.25, 0.3) is 0 Å². The highest BCUT2D eigenvalue weighted by Gasteiger charge is 2.27. The number of hydrogen-bond acceptors (Lipinski definition) is 4. The van der Waals surface area contributed by atoms with Crippen LogP contribution in [0.25, 0.3) is 0 Å². The molecular formula is C12H24N2O3. The highest BCUT2D eigenvalue weighted by Crippen LogP contribution is 2.28. The van der Waals surface area contributed by atoms with Crippen LogP contribution in [0.3, 0.4) is 0 Å². The van der Waals surface area contributed by atoms with E-state index in [9.17, 15) is 4.79 Å². The van der Waals surface area contributed by atoms with Crippen LogP contribution < -0.4 is 5.73 Å². The average molecular weight is 244 g/mol. The molecule has 0 spiro atoms. The van der Waals surface area contributed by atoms with E-state index in [0.29, 0.717) is 19.6 Å². The number of ether oxygens (including phenoxy) is 1. The molecule has 1 fully saturated rings. The second-order valence-electron chi connectivity index (χ2n) is 5.29. The van der Waals surface area contributed by atoms with Gasteiger partial charge in [0.2, 0.25) is 0 Å². The van der Waals surface area contributed by atoms with E-state index in [2.05, 4.69) is 4.90 Å². The fourth-order valence-corrected chi connectivity index (χ4v) is 1.40. The van der Waals surface area contributed by atoms with Crippen molar-refractivity contribution in [3.05, 3.63) is 0 Å². The van der Waals surface area contributed by atoms with Gasteiger partial charge in [0.15, 0.2) is 0 Å². The summed E-state index contributed by atoms with van der Waals surface area (Å²) in [6, 6.07) is 0. The molecule has 1 aliphatic carbocycles. The molecule has 0 aromatic carbocycles. The quantitative estimate of drug-likeness (QED) is 0.579. The Kier molecular flexibility index (Phi) is 5.36. The van der Waals surface area contributed by atoms with E-state index >= 15 is 0 Å². The zero-order chi connectivity index (χ0) is 12.9. The number of nitrogens with two attached hydrogens (primary N) is 1. The molecule has 1 rings (SSSR count). The van der Waals surface area contributed by atoms with Crippen LogP contribution in [0.1, 0.15) is 26.2 Å². The monoisotopic (exact) mass is 244 g/mol. The van der Waals surface area contributed by atoms with Crippen molar-refractivity contribution in [3.63, 3.8) is 0 Å². The van der Waals surface area contributed by atoms with Crippen molar-refractivity contribution >= 4 is 5.97 Å². The molecule has 1 atom stereocenters. The van der Waals surface area contributed by atoms with Crippen LogP contribution in [0.4, 0.5) is 0 Å². The van der Waals surface area contributed by atoms with E-state index in [1.807, 2.05) is 7.05 Å². The van der Waals surface area contributed by atoms with Crippen molar-refractivity contribution < 1.29 is 14.6 Å². The topological polar surface area (TPSA) is 75.8 Å². The van der Waals surface area contributed by atoms with Crippen LogP contribution in [-0.4, -0.2) is 54.9 Å². The molecule has 0 aliphatic heterocycles. The van der Waals surface area contributed by atoms with Gasteiger partial charge in [0.05, 0.1) is 6.61 Å². The summed E-state index contributed by atoms with van der Waals surface area (Å²) in [5.74, 6) is -0.157. The minimum Gasteiger partial charge on any atom is -0.480 e. The summed E-state index contributed by atoms with van der Waals surface area (Å²) < 4.78 is 5.52. The molecule has 0 heterocycles. The molecular weight excluding hydrogens is 220 g/mol. The van der Waals surface area contributed by atoms with E-state index in [1.165, 1.54) is 12.8 Å². The minimum absolute atomic E-state index is 0.446. The van der Waals surface area contributed by atoms with Crippen molar-refractivity contribution in [2.75, 3.05) is 33.4 Å². The zero-order valence-corrected chi connectivity index (χ0v) is 10.8. The first-order valence-electron chi connectivity index (χ1n) is 6.20. The van der Waals surface area contributed by atoms with Gasteiger partial charge >= 0.3 is 5.97 Å². The molecule has 0 aromatic rings. The van der Waals surface area contributed by atoms with Crippen LogP contribution in [0.15, 0.2) is 0 Å². The molecule has 5 nitrogen and oxygen atoms in total.